The number of aryl methyl sites for hydroxylation is 2. The molecule has 6 rings (SSSR count). The summed E-state index contributed by atoms with van der Waals surface area (Å²) in [7, 11) is 0. The van der Waals surface area contributed by atoms with Gasteiger partial charge in [-0.2, -0.15) is 0 Å². The zero-order valence-corrected chi connectivity index (χ0v) is 32.9. The van der Waals surface area contributed by atoms with Crippen molar-refractivity contribution >= 4 is 23.2 Å². The highest BCUT2D eigenvalue weighted by atomic mass is 35.5. The smallest absolute Gasteiger partial charge is 0.127 e. The zero-order chi connectivity index (χ0) is 37.6. The van der Waals surface area contributed by atoms with E-state index in [0.717, 1.165) is 55.3 Å². The van der Waals surface area contributed by atoms with E-state index in [-0.39, 0.29) is 12.2 Å². The lowest BCUT2D eigenvalue weighted by Gasteiger charge is -2.43. The molecular formula is C48H48Cl2O3. The fraction of sp³-hybridized carbons (Fsp3) is 0.250. The minimum absolute atomic E-state index is 0.239. The highest BCUT2D eigenvalue weighted by Crippen LogP contribution is 2.40. The molecule has 0 spiro atoms. The molecule has 0 aliphatic carbocycles. The van der Waals surface area contributed by atoms with Gasteiger partial charge in [-0.15, -0.1) is 0 Å². The van der Waals surface area contributed by atoms with Gasteiger partial charge in [0.15, 0.2) is 0 Å². The van der Waals surface area contributed by atoms with Gasteiger partial charge in [0.2, 0.25) is 0 Å². The van der Waals surface area contributed by atoms with Crippen molar-refractivity contribution in [3.63, 3.8) is 0 Å². The van der Waals surface area contributed by atoms with Crippen LogP contribution in [0.4, 0.5) is 0 Å². The van der Waals surface area contributed by atoms with Crippen molar-refractivity contribution in [2.24, 2.45) is 0 Å². The van der Waals surface area contributed by atoms with Crippen molar-refractivity contribution in [2.75, 3.05) is 0 Å². The lowest BCUT2D eigenvalue weighted by atomic mass is 9.74. The van der Waals surface area contributed by atoms with Gasteiger partial charge in [0.25, 0.3) is 0 Å². The molecule has 0 saturated carbocycles. The highest BCUT2D eigenvalue weighted by molar-refractivity contribution is 6.31. The van der Waals surface area contributed by atoms with Crippen LogP contribution in [0.5, 0.6) is 23.0 Å². The summed E-state index contributed by atoms with van der Waals surface area (Å²) in [5, 5.41) is 1.50. The van der Waals surface area contributed by atoms with E-state index in [1.807, 2.05) is 84.9 Å². The van der Waals surface area contributed by atoms with E-state index < -0.39 is 10.8 Å². The van der Waals surface area contributed by atoms with Crippen LogP contribution in [-0.2, 0) is 28.4 Å². The Labute approximate surface area is 325 Å². The van der Waals surface area contributed by atoms with Crippen LogP contribution in [0.25, 0.3) is 0 Å². The van der Waals surface area contributed by atoms with Gasteiger partial charge in [0, 0.05) is 20.9 Å². The SMILES string of the molecule is Cc1cc(C(C)(C)C(Cc2cccc(Oc3ccccc3)c2)OC(Cc2cccc(Oc3ccccc3)c2)C(C)(C)c2ccc(Cl)c(C)c2)ccc1Cl. The Morgan fingerprint density at radius 2 is 0.830 bits per heavy atom. The second-order valence-corrected chi connectivity index (χ2v) is 15.8. The monoisotopic (exact) mass is 742 g/mol. The summed E-state index contributed by atoms with van der Waals surface area (Å²) in [6, 6.07) is 49.1. The van der Waals surface area contributed by atoms with Gasteiger partial charge in [-0.25, -0.2) is 0 Å². The van der Waals surface area contributed by atoms with Gasteiger partial charge in [0.05, 0.1) is 12.2 Å². The minimum atomic E-state index is -0.409. The van der Waals surface area contributed by atoms with Crippen molar-refractivity contribution in [3.05, 3.63) is 189 Å². The first kappa shape index (κ1) is 38.2. The fourth-order valence-electron chi connectivity index (χ4n) is 6.76. The quantitative estimate of drug-likeness (QED) is 0.111. The Balaban J connectivity index is 1.40. The molecule has 0 saturated heterocycles. The number of halogens is 2. The molecule has 0 fully saturated rings. The van der Waals surface area contributed by atoms with Crippen LogP contribution in [0.15, 0.2) is 146 Å². The number of para-hydroxylation sites is 2. The summed E-state index contributed by atoms with van der Waals surface area (Å²) >= 11 is 13.1. The zero-order valence-electron chi connectivity index (χ0n) is 31.4. The number of ether oxygens (including phenoxy) is 3. The van der Waals surface area contributed by atoms with E-state index in [2.05, 4.69) is 102 Å². The number of rotatable bonds is 14. The largest absolute Gasteiger partial charge is 0.457 e. The van der Waals surface area contributed by atoms with Crippen molar-refractivity contribution in [1.29, 1.82) is 0 Å². The highest BCUT2D eigenvalue weighted by Gasteiger charge is 2.40. The maximum atomic E-state index is 7.61. The molecule has 0 N–H and O–H groups in total. The van der Waals surface area contributed by atoms with Crippen LogP contribution >= 0.6 is 23.2 Å². The van der Waals surface area contributed by atoms with Crippen molar-refractivity contribution in [1.82, 2.24) is 0 Å². The molecule has 0 heterocycles. The molecule has 53 heavy (non-hydrogen) atoms. The Kier molecular flexibility index (Phi) is 12.0. The Morgan fingerprint density at radius 1 is 0.453 bits per heavy atom. The van der Waals surface area contributed by atoms with Crippen LogP contribution in [0.3, 0.4) is 0 Å². The van der Waals surface area contributed by atoms with Gasteiger partial charge >= 0.3 is 0 Å². The fourth-order valence-corrected chi connectivity index (χ4v) is 6.99. The van der Waals surface area contributed by atoms with Crippen molar-refractivity contribution in [2.45, 2.75) is 77.4 Å². The second-order valence-electron chi connectivity index (χ2n) is 15.0. The third kappa shape index (κ3) is 9.53. The Bertz CT molecular complexity index is 1970. The molecule has 5 heteroatoms. The average molecular weight is 744 g/mol. The average Bonchev–Trinajstić information content (AvgIpc) is 3.14. The van der Waals surface area contributed by atoms with E-state index in [4.69, 9.17) is 37.4 Å². The van der Waals surface area contributed by atoms with E-state index in [0.29, 0.717) is 12.8 Å². The van der Waals surface area contributed by atoms with Gasteiger partial charge in [0.1, 0.15) is 23.0 Å². The summed E-state index contributed by atoms with van der Waals surface area (Å²) in [6.45, 7) is 13.2. The number of hydrogen-bond donors (Lipinski definition) is 0. The summed E-state index contributed by atoms with van der Waals surface area (Å²) in [6.07, 6.45) is 0.835. The maximum Gasteiger partial charge on any atom is 0.127 e. The van der Waals surface area contributed by atoms with E-state index >= 15 is 0 Å². The van der Waals surface area contributed by atoms with Crippen LogP contribution in [-0.4, -0.2) is 12.2 Å². The molecule has 2 atom stereocenters. The van der Waals surface area contributed by atoms with Gasteiger partial charge < -0.3 is 14.2 Å². The standard InChI is InChI=1S/C48H48Cl2O3/c1-33-27-37(23-25-43(33)49)47(3,4)45(31-35-15-13-21-41(29-35)51-39-17-9-7-10-18-39)53-46(48(5,6)38-24-26-44(50)34(2)28-38)32-36-16-14-22-42(30-36)52-40-19-11-8-12-20-40/h7-30,45-46H,31-32H2,1-6H3. The number of benzene rings is 6. The Morgan fingerprint density at radius 3 is 1.21 bits per heavy atom. The van der Waals surface area contributed by atoms with E-state index in [1.165, 1.54) is 11.1 Å². The first-order valence-electron chi connectivity index (χ1n) is 18.2. The first-order valence-corrected chi connectivity index (χ1v) is 19.0. The Hall–Kier alpha value is -4.54. The molecule has 3 nitrogen and oxygen atoms in total. The van der Waals surface area contributed by atoms with Crippen molar-refractivity contribution < 1.29 is 14.2 Å². The van der Waals surface area contributed by atoms with Crippen LogP contribution in [0.1, 0.15) is 61.1 Å². The van der Waals surface area contributed by atoms with Gasteiger partial charge in [-0.05, 0) is 121 Å². The predicted octanol–water partition coefficient (Wildman–Crippen LogP) is 13.7. The lowest BCUT2D eigenvalue weighted by molar-refractivity contribution is -0.0753. The minimum Gasteiger partial charge on any atom is -0.457 e. The van der Waals surface area contributed by atoms with E-state index in [1.54, 1.807) is 0 Å². The molecule has 0 aliphatic heterocycles. The first-order chi connectivity index (χ1) is 25.4. The topological polar surface area (TPSA) is 27.7 Å². The molecule has 2 unspecified atom stereocenters. The second kappa shape index (κ2) is 16.6. The molecule has 6 aromatic rings. The summed E-state index contributed by atoms with van der Waals surface area (Å²) in [4.78, 5) is 0. The van der Waals surface area contributed by atoms with Crippen LogP contribution in [0, 0.1) is 13.8 Å². The molecule has 0 amide bonds. The molecular weight excluding hydrogens is 695 g/mol. The summed E-state index contributed by atoms with van der Waals surface area (Å²) < 4.78 is 20.1. The lowest BCUT2D eigenvalue weighted by Crippen LogP contribution is -2.46. The van der Waals surface area contributed by atoms with Gasteiger partial charge in [-0.1, -0.05) is 136 Å². The van der Waals surface area contributed by atoms with Gasteiger partial charge in [-0.3, -0.25) is 0 Å². The maximum absolute atomic E-state index is 7.61. The number of hydrogen-bond acceptors (Lipinski definition) is 3. The molecule has 0 bridgehead atoms. The van der Waals surface area contributed by atoms with Crippen LogP contribution in [0.2, 0.25) is 10.0 Å². The summed E-state index contributed by atoms with van der Waals surface area (Å²) in [5.74, 6) is 3.17. The summed E-state index contributed by atoms with van der Waals surface area (Å²) in [5.41, 5.74) is 5.84. The van der Waals surface area contributed by atoms with Crippen LogP contribution < -0.4 is 9.47 Å². The third-order valence-corrected chi connectivity index (χ3v) is 11.2. The molecule has 0 aliphatic rings. The van der Waals surface area contributed by atoms with Crippen molar-refractivity contribution in [3.8, 4) is 23.0 Å². The molecule has 272 valence electrons. The van der Waals surface area contributed by atoms with E-state index in [9.17, 15) is 0 Å². The third-order valence-electron chi connectivity index (χ3n) is 10.3. The normalized spacial score (nSPS) is 13.0. The molecule has 6 aromatic carbocycles. The predicted molar refractivity (Wildman–Crippen MR) is 220 cm³/mol. The molecule has 0 aromatic heterocycles. The molecule has 0 radical (unpaired) electrons.